The first-order valence-electron chi connectivity index (χ1n) is 5.70. The van der Waals surface area contributed by atoms with E-state index in [-0.39, 0.29) is 12.8 Å². The van der Waals surface area contributed by atoms with Gasteiger partial charge in [-0.2, -0.15) is 0 Å². The van der Waals surface area contributed by atoms with Crippen LogP contribution >= 0.6 is 0 Å². The summed E-state index contributed by atoms with van der Waals surface area (Å²) in [5.41, 5.74) is -0.571. The van der Waals surface area contributed by atoms with Gasteiger partial charge in [0.2, 0.25) is 0 Å². The van der Waals surface area contributed by atoms with Crippen LogP contribution in [0.2, 0.25) is 0 Å². The van der Waals surface area contributed by atoms with Crippen LogP contribution in [0, 0.1) is 0 Å². The van der Waals surface area contributed by atoms with Crippen molar-refractivity contribution in [3.8, 4) is 0 Å². The predicted octanol–water partition coefficient (Wildman–Crippen LogP) is 2.91. The molecule has 1 saturated carbocycles. The molecule has 0 saturated heterocycles. The fourth-order valence-corrected chi connectivity index (χ4v) is 2.41. The number of hydrogen-bond donors (Lipinski definition) is 1. The second-order valence-corrected chi connectivity index (χ2v) is 5.43. The van der Waals surface area contributed by atoms with Crippen molar-refractivity contribution >= 4 is 0 Å². The number of aromatic nitrogens is 1. The van der Waals surface area contributed by atoms with Crippen molar-refractivity contribution in [2.75, 3.05) is 0 Å². The molecule has 1 aromatic heterocycles. The molecule has 2 nitrogen and oxygen atoms in total. The van der Waals surface area contributed by atoms with E-state index in [9.17, 15) is 9.50 Å². The van der Waals surface area contributed by atoms with Gasteiger partial charge in [0.05, 0.1) is 5.69 Å². The SMILES string of the molecule is CC(C)c1ccnc(C2(O)CC(C)(F)C2)c1. The molecule has 1 fully saturated rings. The lowest BCUT2D eigenvalue weighted by Gasteiger charge is -2.46. The largest absolute Gasteiger partial charge is 0.383 e. The summed E-state index contributed by atoms with van der Waals surface area (Å²) in [5, 5.41) is 10.2. The molecule has 0 atom stereocenters. The first-order chi connectivity index (χ1) is 7.32. The fourth-order valence-electron chi connectivity index (χ4n) is 2.41. The Morgan fingerprint density at radius 2 is 2.06 bits per heavy atom. The molecule has 1 aromatic rings. The highest BCUT2D eigenvalue weighted by molar-refractivity contribution is 5.27. The smallest absolute Gasteiger partial charge is 0.114 e. The van der Waals surface area contributed by atoms with E-state index in [0.29, 0.717) is 11.6 Å². The van der Waals surface area contributed by atoms with Gasteiger partial charge in [-0.15, -0.1) is 0 Å². The molecule has 16 heavy (non-hydrogen) atoms. The Balaban J connectivity index is 2.25. The molecule has 1 aliphatic carbocycles. The van der Waals surface area contributed by atoms with Gasteiger partial charge >= 0.3 is 0 Å². The van der Waals surface area contributed by atoms with Crippen molar-refractivity contribution in [3.05, 3.63) is 29.6 Å². The molecule has 0 bridgehead atoms. The fraction of sp³-hybridized carbons (Fsp3) is 0.615. The van der Waals surface area contributed by atoms with Crippen molar-refractivity contribution in [2.45, 2.75) is 50.8 Å². The van der Waals surface area contributed by atoms with E-state index in [0.717, 1.165) is 5.56 Å². The lowest BCUT2D eigenvalue weighted by atomic mass is 9.67. The molecule has 1 aliphatic rings. The zero-order valence-electron chi connectivity index (χ0n) is 10.00. The van der Waals surface area contributed by atoms with Gasteiger partial charge in [-0.3, -0.25) is 4.98 Å². The monoisotopic (exact) mass is 223 g/mol. The lowest BCUT2D eigenvalue weighted by molar-refractivity contribution is -0.141. The standard InChI is InChI=1S/C13H18FNO/c1-9(2)10-4-5-15-11(6-10)13(16)7-12(3,14)8-13/h4-6,9,16H,7-8H2,1-3H3. The third-order valence-electron chi connectivity index (χ3n) is 3.25. The van der Waals surface area contributed by atoms with E-state index in [4.69, 9.17) is 0 Å². The van der Waals surface area contributed by atoms with Crippen molar-refractivity contribution < 1.29 is 9.50 Å². The minimum Gasteiger partial charge on any atom is -0.383 e. The van der Waals surface area contributed by atoms with Gasteiger partial charge in [0, 0.05) is 19.0 Å². The quantitative estimate of drug-likeness (QED) is 0.836. The van der Waals surface area contributed by atoms with Gasteiger partial charge in [-0.1, -0.05) is 13.8 Å². The average molecular weight is 223 g/mol. The van der Waals surface area contributed by atoms with Crippen LogP contribution in [-0.2, 0) is 5.60 Å². The van der Waals surface area contributed by atoms with E-state index in [1.807, 2.05) is 12.1 Å². The molecule has 2 rings (SSSR count). The molecule has 0 aliphatic heterocycles. The number of alkyl halides is 1. The first-order valence-corrected chi connectivity index (χ1v) is 5.70. The van der Waals surface area contributed by atoms with Crippen molar-refractivity contribution in [2.24, 2.45) is 0 Å². The molecule has 0 amide bonds. The average Bonchev–Trinajstić information content (AvgIpc) is 2.15. The zero-order valence-corrected chi connectivity index (χ0v) is 10.00. The normalized spacial score (nSPS) is 33.9. The Hall–Kier alpha value is -0.960. The number of hydrogen-bond acceptors (Lipinski definition) is 2. The number of rotatable bonds is 2. The highest BCUT2D eigenvalue weighted by Crippen LogP contribution is 2.49. The summed E-state index contributed by atoms with van der Waals surface area (Å²) >= 11 is 0. The maximum absolute atomic E-state index is 13.5. The molecule has 0 spiro atoms. The summed E-state index contributed by atoms with van der Waals surface area (Å²) in [7, 11) is 0. The molecule has 1 N–H and O–H groups in total. The summed E-state index contributed by atoms with van der Waals surface area (Å²) in [5.74, 6) is 0.391. The first kappa shape index (κ1) is 11.5. The second kappa shape index (κ2) is 3.52. The topological polar surface area (TPSA) is 33.1 Å². The van der Waals surface area contributed by atoms with Crippen LogP contribution in [0.3, 0.4) is 0 Å². The number of pyridine rings is 1. The second-order valence-electron chi connectivity index (χ2n) is 5.43. The summed E-state index contributed by atoms with van der Waals surface area (Å²) < 4.78 is 13.5. The van der Waals surface area contributed by atoms with E-state index in [2.05, 4.69) is 18.8 Å². The predicted molar refractivity (Wildman–Crippen MR) is 61.0 cm³/mol. The zero-order chi connectivity index (χ0) is 12.0. The van der Waals surface area contributed by atoms with E-state index < -0.39 is 11.3 Å². The van der Waals surface area contributed by atoms with Gasteiger partial charge in [-0.05, 0) is 30.5 Å². The van der Waals surface area contributed by atoms with Crippen molar-refractivity contribution in [3.63, 3.8) is 0 Å². The molecular weight excluding hydrogens is 205 g/mol. The molecular formula is C13H18FNO. The molecule has 88 valence electrons. The van der Waals surface area contributed by atoms with Crippen LogP contribution in [0.5, 0.6) is 0 Å². The number of halogens is 1. The van der Waals surface area contributed by atoms with Crippen LogP contribution in [0.1, 0.15) is 50.8 Å². The molecule has 1 heterocycles. The summed E-state index contributed by atoms with van der Waals surface area (Å²) in [6.45, 7) is 5.69. The van der Waals surface area contributed by atoms with Crippen LogP contribution in [0.4, 0.5) is 4.39 Å². The number of aliphatic hydroxyl groups is 1. The van der Waals surface area contributed by atoms with Crippen molar-refractivity contribution in [1.29, 1.82) is 0 Å². The van der Waals surface area contributed by atoms with Crippen LogP contribution in [-0.4, -0.2) is 15.8 Å². The van der Waals surface area contributed by atoms with Gasteiger partial charge in [0.25, 0.3) is 0 Å². The summed E-state index contributed by atoms with van der Waals surface area (Å²) in [6.07, 6.45) is 1.99. The Labute approximate surface area is 95.5 Å². The Morgan fingerprint density at radius 1 is 1.44 bits per heavy atom. The Morgan fingerprint density at radius 3 is 2.56 bits per heavy atom. The minimum atomic E-state index is -1.25. The van der Waals surface area contributed by atoms with E-state index >= 15 is 0 Å². The molecule has 0 aromatic carbocycles. The molecule has 0 unspecified atom stereocenters. The van der Waals surface area contributed by atoms with Crippen LogP contribution < -0.4 is 0 Å². The lowest BCUT2D eigenvalue weighted by Crippen LogP contribution is -2.50. The summed E-state index contributed by atoms with van der Waals surface area (Å²) in [4.78, 5) is 4.16. The Bertz CT molecular complexity index is 393. The van der Waals surface area contributed by atoms with Crippen LogP contribution in [0.25, 0.3) is 0 Å². The molecule has 0 radical (unpaired) electrons. The third kappa shape index (κ3) is 1.96. The number of nitrogens with zero attached hydrogens (tertiary/aromatic N) is 1. The van der Waals surface area contributed by atoms with Gasteiger partial charge < -0.3 is 5.11 Å². The van der Waals surface area contributed by atoms with E-state index in [1.165, 1.54) is 6.92 Å². The maximum atomic E-state index is 13.5. The highest BCUT2D eigenvalue weighted by atomic mass is 19.1. The highest BCUT2D eigenvalue weighted by Gasteiger charge is 2.53. The van der Waals surface area contributed by atoms with Crippen molar-refractivity contribution in [1.82, 2.24) is 4.98 Å². The van der Waals surface area contributed by atoms with Gasteiger partial charge in [0.1, 0.15) is 11.3 Å². The molecule has 3 heteroatoms. The summed E-state index contributed by atoms with van der Waals surface area (Å²) in [6, 6.07) is 3.82. The Kier molecular flexibility index (Phi) is 2.54. The third-order valence-corrected chi connectivity index (χ3v) is 3.25. The van der Waals surface area contributed by atoms with E-state index in [1.54, 1.807) is 6.20 Å². The minimum absolute atomic E-state index is 0.147. The van der Waals surface area contributed by atoms with Gasteiger partial charge in [-0.25, -0.2) is 4.39 Å². The maximum Gasteiger partial charge on any atom is 0.114 e. The van der Waals surface area contributed by atoms with Crippen LogP contribution in [0.15, 0.2) is 18.3 Å². The van der Waals surface area contributed by atoms with Gasteiger partial charge in [0.15, 0.2) is 0 Å².